The SMILES string of the molecule is CN(C)CC(NC(=O)OCC1c2ccccc2-c2ccccc21)C(=O)NC1CCC(C(=O)O)C1. The van der Waals surface area contributed by atoms with Crippen LogP contribution in [0.2, 0.25) is 0 Å². The van der Waals surface area contributed by atoms with Crippen molar-refractivity contribution >= 4 is 18.0 Å². The first kappa shape index (κ1) is 23.8. The standard InChI is InChI=1S/C26H31N3O5/c1-29(2)14-23(24(30)27-17-12-11-16(13-17)25(31)32)28-26(33)34-15-22-20-9-5-3-7-18(20)19-8-4-6-10-21(19)22/h3-10,16-17,22-23H,11-15H2,1-2H3,(H,27,30)(H,28,33)(H,31,32). The van der Waals surface area contributed by atoms with Crippen LogP contribution in [0.5, 0.6) is 0 Å². The number of nitrogens with one attached hydrogen (secondary N) is 2. The molecule has 3 atom stereocenters. The molecule has 0 heterocycles. The number of hydrogen-bond acceptors (Lipinski definition) is 5. The van der Waals surface area contributed by atoms with Gasteiger partial charge < -0.3 is 25.4 Å². The Hall–Kier alpha value is -3.39. The van der Waals surface area contributed by atoms with Crippen molar-refractivity contribution in [2.45, 2.75) is 37.3 Å². The van der Waals surface area contributed by atoms with Gasteiger partial charge in [0, 0.05) is 18.5 Å². The first-order valence-corrected chi connectivity index (χ1v) is 11.6. The number of likely N-dealkylation sites (N-methyl/N-ethyl adjacent to an activating group) is 1. The van der Waals surface area contributed by atoms with E-state index in [-0.39, 0.29) is 24.5 Å². The van der Waals surface area contributed by atoms with Crippen molar-refractivity contribution in [2.75, 3.05) is 27.2 Å². The summed E-state index contributed by atoms with van der Waals surface area (Å²) < 4.78 is 5.59. The molecule has 1 saturated carbocycles. The molecular weight excluding hydrogens is 434 g/mol. The van der Waals surface area contributed by atoms with Crippen LogP contribution in [0.4, 0.5) is 4.79 Å². The normalized spacial score (nSPS) is 19.9. The van der Waals surface area contributed by atoms with Crippen molar-refractivity contribution in [1.29, 1.82) is 0 Å². The Morgan fingerprint density at radius 3 is 2.21 bits per heavy atom. The molecule has 0 aliphatic heterocycles. The van der Waals surface area contributed by atoms with Gasteiger partial charge in [-0.3, -0.25) is 9.59 Å². The molecule has 3 unspecified atom stereocenters. The smallest absolute Gasteiger partial charge is 0.407 e. The number of rotatable bonds is 8. The van der Waals surface area contributed by atoms with Gasteiger partial charge in [0.25, 0.3) is 0 Å². The maximum atomic E-state index is 12.9. The number of ether oxygens (including phenoxy) is 1. The summed E-state index contributed by atoms with van der Waals surface area (Å²) in [6, 6.07) is 15.2. The van der Waals surface area contributed by atoms with Gasteiger partial charge in [-0.25, -0.2) is 4.79 Å². The molecule has 0 spiro atoms. The maximum absolute atomic E-state index is 12.9. The zero-order valence-corrected chi connectivity index (χ0v) is 19.5. The van der Waals surface area contributed by atoms with Gasteiger partial charge >= 0.3 is 12.1 Å². The summed E-state index contributed by atoms with van der Waals surface area (Å²) in [5.74, 6) is -1.67. The van der Waals surface area contributed by atoms with E-state index in [9.17, 15) is 19.5 Å². The quantitative estimate of drug-likeness (QED) is 0.553. The van der Waals surface area contributed by atoms with Crippen LogP contribution in [-0.4, -0.2) is 67.3 Å². The third kappa shape index (κ3) is 5.22. The van der Waals surface area contributed by atoms with Crippen LogP contribution in [0.15, 0.2) is 48.5 Å². The van der Waals surface area contributed by atoms with Crippen LogP contribution in [0.3, 0.4) is 0 Å². The third-order valence-electron chi connectivity index (χ3n) is 6.63. The monoisotopic (exact) mass is 465 g/mol. The summed E-state index contributed by atoms with van der Waals surface area (Å²) >= 11 is 0. The Kier molecular flexibility index (Phi) is 7.17. The highest BCUT2D eigenvalue weighted by atomic mass is 16.5. The molecule has 2 amide bonds. The number of carboxylic acids is 1. The van der Waals surface area contributed by atoms with E-state index in [1.165, 1.54) is 0 Å². The van der Waals surface area contributed by atoms with E-state index in [4.69, 9.17) is 4.74 Å². The average molecular weight is 466 g/mol. The summed E-state index contributed by atoms with van der Waals surface area (Å²) in [6.07, 6.45) is 0.903. The number of nitrogens with zero attached hydrogens (tertiary/aromatic N) is 1. The topological polar surface area (TPSA) is 108 Å². The number of hydrogen-bond donors (Lipinski definition) is 3. The highest BCUT2D eigenvalue weighted by Gasteiger charge is 2.33. The highest BCUT2D eigenvalue weighted by Crippen LogP contribution is 2.44. The van der Waals surface area contributed by atoms with E-state index in [0.29, 0.717) is 25.8 Å². The van der Waals surface area contributed by atoms with Crippen LogP contribution < -0.4 is 10.6 Å². The number of carboxylic acid groups (broad SMARTS) is 1. The van der Waals surface area contributed by atoms with Crippen molar-refractivity contribution in [3.63, 3.8) is 0 Å². The Balaban J connectivity index is 1.37. The summed E-state index contributed by atoms with van der Waals surface area (Å²) in [6.45, 7) is 0.462. The van der Waals surface area contributed by atoms with Crippen molar-refractivity contribution in [2.24, 2.45) is 5.92 Å². The van der Waals surface area contributed by atoms with Crippen molar-refractivity contribution < 1.29 is 24.2 Å². The van der Waals surface area contributed by atoms with Crippen molar-refractivity contribution in [3.05, 3.63) is 59.7 Å². The molecule has 8 heteroatoms. The lowest BCUT2D eigenvalue weighted by Crippen LogP contribution is -2.53. The van der Waals surface area contributed by atoms with E-state index in [2.05, 4.69) is 34.9 Å². The van der Waals surface area contributed by atoms with Gasteiger partial charge in [-0.15, -0.1) is 0 Å². The number of aliphatic carboxylic acids is 1. The second-order valence-corrected chi connectivity index (χ2v) is 9.34. The Morgan fingerprint density at radius 1 is 1.03 bits per heavy atom. The van der Waals surface area contributed by atoms with Gasteiger partial charge in [0.2, 0.25) is 5.91 Å². The molecule has 2 aromatic carbocycles. The summed E-state index contributed by atoms with van der Waals surface area (Å²) in [7, 11) is 3.63. The molecule has 2 aliphatic rings. The lowest BCUT2D eigenvalue weighted by atomic mass is 9.98. The van der Waals surface area contributed by atoms with Gasteiger partial charge in [-0.1, -0.05) is 48.5 Å². The number of amides is 2. The first-order valence-electron chi connectivity index (χ1n) is 11.6. The molecule has 8 nitrogen and oxygen atoms in total. The predicted molar refractivity (Wildman–Crippen MR) is 127 cm³/mol. The van der Waals surface area contributed by atoms with E-state index in [0.717, 1.165) is 22.3 Å². The van der Waals surface area contributed by atoms with Gasteiger partial charge in [-0.05, 0) is 55.6 Å². The van der Waals surface area contributed by atoms with E-state index >= 15 is 0 Å². The molecule has 0 aromatic heterocycles. The largest absolute Gasteiger partial charge is 0.481 e. The van der Waals surface area contributed by atoms with Crippen LogP contribution in [0.1, 0.15) is 36.3 Å². The molecule has 34 heavy (non-hydrogen) atoms. The van der Waals surface area contributed by atoms with E-state index in [1.54, 1.807) is 0 Å². The van der Waals surface area contributed by atoms with Crippen molar-refractivity contribution in [3.8, 4) is 11.1 Å². The molecule has 0 saturated heterocycles. The zero-order valence-electron chi connectivity index (χ0n) is 19.5. The molecule has 180 valence electrons. The molecule has 2 aromatic rings. The third-order valence-corrected chi connectivity index (χ3v) is 6.63. The Labute approximate surface area is 199 Å². The molecule has 1 fully saturated rings. The van der Waals surface area contributed by atoms with Crippen LogP contribution >= 0.6 is 0 Å². The molecule has 3 N–H and O–H groups in total. The number of carbonyl (C=O) groups excluding carboxylic acids is 2. The molecule has 2 aliphatic carbocycles. The van der Waals surface area contributed by atoms with E-state index < -0.39 is 24.0 Å². The minimum atomic E-state index is -0.835. The number of benzene rings is 2. The van der Waals surface area contributed by atoms with Gasteiger partial charge in [0.05, 0.1) is 5.92 Å². The van der Waals surface area contributed by atoms with Crippen LogP contribution in [-0.2, 0) is 14.3 Å². The van der Waals surface area contributed by atoms with Crippen LogP contribution in [0.25, 0.3) is 11.1 Å². The zero-order chi connectivity index (χ0) is 24.2. The molecular formula is C26H31N3O5. The first-order chi connectivity index (χ1) is 16.3. The summed E-state index contributed by atoms with van der Waals surface area (Å²) in [5, 5.41) is 14.8. The maximum Gasteiger partial charge on any atom is 0.407 e. The van der Waals surface area contributed by atoms with Gasteiger partial charge in [-0.2, -0.15) is 0 Å². The second kappa shape index (κ2) is 10.3. The predicted octanol–water partition coefficient (Wildman–Crippen LogP) is 2.82. The summed E-state index contributed by atoms with van der Waals surface area (Å²) in [5.41, 5.74) is 4.53. The number of fused-ring (bicyclic) bond motifs is 3. The van der Waals surface area contributed by atoms with Gasteiger partial charge in [0.1, 0.15) is 12.6 Å². The number of alkyl carbamates (subject to hydrolysis) is 1. The molecule has 0 bridgehead atoms. The fourth-order valence-corrected chi connectivity index (χ4v) is 4.98. The number of carbonyl (C=O) groups is 3. The Bertz CT molecular complexity index is 1020. The highest BCUT2D eigenvalue weighted by molar-refractivity contribution is 5.86. The Morgan fingerprint density at radius 2 is 1.65 bits per heavy atom. The fraction of sp³-hybridized carbons (Fsp3) is 0.423. The molecule has 0 radical (unpaired) electrons. The molecule has 4 rings (SSSR count). The minimum absolute atomic E-state index is 0.0642. The van der Waals surface area contributed by atoms with Gasteiger partial charge in [0.15, 0.2) is 0 Å². The van der Waals surface area contributed by atoms with Crippen LogP contribution in [0, 0.1) is 5.92 Å². The fourth-order valence-electron chi connectivity index (χ4n) is 4.98. The average Bonchev–Trinajstić information content (AvgIpc) is 3.40. The van der Waals surface area contributed by atoms with Crippen molar-refractivity contribution in [1.82, 2.24) is 15.5 Å². The lowest BCUT2D eigenvalue weighted by Gasteiger charge is -2.24. The second-order valence-electron chi connectivity index (χ2n) is 9.34. The van der Waals surface area contributed by atoms with E-state index in [1.807, 2.05) is 43.3 Å². The minimum Gasteiger partial charge on any atom is -0.481 e. The summed E-state index contributed by atoms with van der Waals surface area (Å²) in [4.78, 5) is 38.6. The lowest BCUT2D eigenvalue weighted by molar-refractivity contribution is -0.141.